The minimum atomic E-state index is -4.09. The molecule has 0 saturated carbocycles. The highest BCUT2D eigenvalue weighted by atomic mass is 19.4. The smallest absolute Gasteiger partial charge is 0.370 e. The molecule has 1 aliphatic rings. The number of halogens is 3. The van der Waals surface area contributed by atoms with Gasteiger partial charge in [-0.05, 0) is 42.0 Å². The summed E-state index contributed by atoms with van der Waals surface area (Å²) in [5.74, 6) is -1.21. The Labute approximate surface area is 132 Å². The normalized spacial score (nSPS) is 15.4. The molecule has 1 aliphatic heterocycles. The Morgan fingerprint density at radius 3 is 1.96 bits per heavy atom. The third kappa shape index (κ3) is 3.59. The summed E-state index contributed by atoms with van der Waals surface area (Å²) in [4.78, 5) is 1.73. The van der Waals surface area contributed by atoms with Gasteiger partial charge in [0.15, 0.2) is 0 Å². The molecule has 0 bridgehead atoms. The second kappa shape index (κ2) is 6.12. The molecule has 23 heavy (non-hydrogen) atoms. The van der Waals surface area contributed by atoms with Gasteiger partial charge < -0.3 is 16.0 Å². The summed E-state index contributed by atoms with van der Waals surface area (Å²) in [5, 5.41) is 3.25. The summed E-state index contributed by atoms with van der Waals surface area (Å²) in [6.07, 6.45) is -4.09. The van der Waals surface area contributed by atoms with E-state index in [1.54, 1.807) is 4.90 Å². The number of benzene rings is 2. The van der Waals surface area contributed by atoms with Crippen LogP contribution in [0.15, 0.2) is 48.5 Å². The van der Waals surface area contributed by atoms with Gasteiger partial charge in [0.25, 0.3) is 0 Å². The number of alkyl halides is 3. The first-order chi connectivity index (χ1) is 11.0. The van der Waals surface area contributed by atoms with Crippen LogP contribution in [0.3, 0.4) is 0 Å². The molecular formula is C17H18F3N3. The van der Waals surface area contributed by atoms with Crippen molar-refractivity contribution < 1.29 is 13.2 Å². The van der Waals surface area contributed by atoms with E-state index in [4.69, 9.17) is 5.73 Å². The molecule has 1 fully saturated rings. The maximum absolute atomic E-state index is 12.5. The zero-order chi connectivity index (χ0) is 16.4. The van der Waals surface area contributed by atoms with Crippen molar-refractivity contribution in [2.75, 3.05) is 23.3 Å². The summed E-state index contributed by atoms with van der Waals surface area (Å²) in [5.41, 5.74) is 9.26. The third-order valence-electron chi connectivity index (χ3n) is 4.06. The molecule has 0 spiro atoms. The molecule has 1 saturated heterocycles. The number of nitrogens with zero attached hydrogens (tertiary/aromatic N) is 1. The van der Waals surface area contributed by atoms with Crippen LogP contribution in [0, 0.1) is 5.92 Å². The zero-order valence-electron chi connectivity index (χ0n) is 12.5. The van der Waals surface area contributed by atoms with E-state index >= 15 is 0 Å². The molecule has 0 aromatic heterocycles. The number of nitrogens with one attached hydrogen (secondary N) is 1. The second-order valence-corrected chi connectivity index (χ2v) is 5.72. The summed E-state index contributed by atoms with van der Waals surface area (Å²) in [6.45, 7) is 0.581. The van der Waals surface area contributed by atoms with Crippen molar-refractivity contribution in [2.45, 2.75) is 12.7 Å². The van der Waals surface area contributed by atoms with E-state index in [1.807, 2.05) is 48.5 Å². The van der Waals surface area contributed by atoms with Gasteiger partial charge in [0.05, 0.1) is 5.92 Å². The Balaban J connectivity index is 1.59. The molecule has 0 unspecified atom stereocenters. The van der Waals surface area contributed by atoms with Crippen LogP contribution in [0.5, 0.6) is 0 Å². The van der Waals surface area contributed by atoms with Gasteiger partial charge in [0.2, 0.25) is 0 Å². The Morgan fingerprint density at radius 1 is 0.957 bits per heavy atom. The monoisotopic (exact) mass is 321 g/mol. The van der Waals surface area contributed by atoms with E-state index in [1.165, 1.54) is 0 Å². The molecule has 2 aromatic rings. The Bertz CT molecular complexity index is 644. The maximum atomic E-state index is 12.5. The van der Waals surface area contributed by atoms with Gasteiger partial charge in [-0.1, -0.05) is 12.1 Å². The van der Waals surface area contributed by atoms with Crippen LogP contribution in [-0.2, 0) is 6.54 Å². The molecule has 3 N–H and O–H groups in total. The van der Waals surface area contributed by atoms with Crippen LogP contribution in [0.2, 0.25) is 0 Å². The van der Waals surface area contributed by atoms with Crippen molar-refractivity contribution in [1.29, 1.82) is 0 Å². The minimum absolute atomic E-state index is 0.0385. The highest BCUT2D eigenvalue weighted by molar-refractivity contribution is 5.63. The second-order valence-electron chi connectivity index (χ2n) is 5.72. The van der Waals surface area contributed by atoms with E-state index in [-0.39, 0.29) is 13.1 Å². The van der Waals surface area contributed by atoms with E-state index in [2.05, 4.69) is 5.32 Å². The van der Waals surface area contributed by atoms with Crippen LogP contribution < -0.4 is 16.0 Å². The van der Waals surface area contributed by atoms with Gasteiger partial charge in [-0.2, -0.15) is 13.2 Å². The van der Waals surface area contributed by atoms with E-state index in [9.17, 15) is 13.2 Å². The first-order valence-electron chi connectivity index (χ1n) is 7.43. The molecule has 6 heteroatoms. The Kier molecular flexibility index (Phi) is 4.17. The molecule has 0 amide bonds. The standard InChI is InChI=1S/C17H18F3N3/c18-17(19,20)13-10-23(11-13)16-7-5-15(6-8-16)22-14-3-1-12(9-21)2-4-14/h1-8,13,22H,9-11,21H2. The lowest BCUT2D eigenvalue weighted by atomic mass is 9.98. The fraction of sp³-hybridized carbons (Fsp3) is 0.294. The molecule has 0 radical (unpaired) electrons. The predicted molar refractivity (Wildman–Crippen MR) is 85.8 cm³/mol. The van der Waals surface area contributed by atoms with Gasteiger partial charge in [-0.25, -0.2) is 0 Å². The molecule has 1 heterocycles. The lowest BCUT2D eigenvalue weighted by Gasteiger charge is -2.41. The summed E-state index contributed by atoms with van der Waals surface area (Å²) < 4.78 is 37.5. The Morgan fingerprint density at radius 2 is 1.48 bits per heavy atom. The SMILES string of the molecule is NCc1ccc(Nc2ccc(N3CC(C(F)(F)F)C3)cc2)cc1. The number of hydrogen-bond donors (Lipinski definition) is 2. The summed E-state index contributed by atoms with van der Waals surface area (Å²) >= 11 is 0. The summed E-state index contributed by atoms with van der Waals surface area (Å²) in [6, 6.07) is 15.2. The van der Waals surface area contributed by atoms with E-state index in [0.717, 1.165) is 22.6 Å². The van der Waals surface area contributed by atoms with Crippen molar-refractivity contribution in [3.05, 3.63) is 54.1 Å². The molecular weight excluding hydrogens is 303 g/mol. The van der Waals surface area contributed by atoms with Crippen LogP contribution in [0.1, 0.15) is 5.56 Å². The first kappa shape index (κ1) is 15.7. The average Bonchev–Trinajstić information content (AvgIpc) is 2.47. The van der Waals surface area contributed by atoms with Crippen molar-refractivity contribution in [1.82, 2.24) is 0 Å². The lowest BCUT2D eigenvalue weighted by Crippen LogP contribution is -2.53. The van der Waals surface area contributed by atoms with Crippen LogP contribution in [0.25, 0.3) is 0 Å². The van der Waals surface area contributed by atoms with Crippen molar-refractivity contribution in [2.24, 2.45) is 11.7 Å². The van der Waals surface area contributed by atoms with Crippen LogP contribution in [0.4, 0.5) is 30.2 Å². The van der Waals surface area contributed by atoms with Crippen molar-refractivity contribution >= 4 is 17.1 Å². The molecule has 0 aliphatic carbocycles. The molecule has 122 valence electrons. The largest absolute Gasteiger partial charge is 0.395 e. The molecule has 3 nitrogen and oxygen atoms in total. The van der Waals surface area contributed by atoms with Crippen LogP contribution in [-0.4, -0.2) is 19.3 Å². The number of nitrogens with two attached hydrogens (primary N) is 1. The zero-order valence-corrected chi connectivity index (χ0v) is 12.5. The van der Waals surface area contributed by atoms with E-state index in [0.29, 0.717) is 6.54 Å². The van der Waals surface area contributed by atoms with Gasteiger partial charge in [-0.3, -0.25) is 0 Å². The van der Waals surface area contributed by atoms with E-state index < -0.39 is 12.1 Å². The van der Waals surface area contributed by atoms with Gasteiger partial charge in [0.1, 0.15) is 0 Å². The fourth-order valence-corrected chi connectivity index (χ4v) is 2.54. The quantitative estimate of drug-likeness (QED) is 0.898. The Hall–Kier alpha value is -2.21. The van der Waals surface area contributed by atoms with Gasteiger partial charge >= 0.3 is 6.18 Å². The first-order valence-corrected chi connectivity index (χ1v) is 7.43. The number of hydrogen-bond acceptors (Lipinski definition) is 3. The minimum Gasteiger partial charge on any atom is -0.370 e. The summed E-state index contributed by atoms with van der Waals surface area (Å²) in [7, 11) is 0. The predicted octanol–water partition coefficient (Wildman–Crippen LogP) is 3.89. The van der Waals surface area contributed by atoms with Crippen molar-refractivity contribution in [3.8, 4) is 0 Å². The lowest BCUT2D eigenvalue weighted by molar-refractivity contribution is -0.180. The van der Waals surface area contributed by atoms with Gasteiger partial charge in [-0.15, -0.1) is 0 Å². The third-order valence-corrected chi connectivity index (χ3v) is 4.06. The topological polar surface area (TPSA) is 41.3 Å². The highest BCUT2D eigenvalue weighted by Gasteiger charge is 2.47. The highest BCUT2D eigenvalue weighted by Crippen LogP contribution is 2.36. The molecule has 2 aromatic carbocycles. The average molecular weight is 321 g/mol. The molecule has 3 rings (SSSR count). The number of rotatable bonds is 4. The number of anilines is 3. The fourth-order valence-electron chi connectivity index (χ4n) is 2.54. The molecule has 0 atom stereocenters. The maximum Gasteiger partial charge on any atom is 0.395 e. The van der Waals surface area contributed by atoms with Crippen LogP contribution >= 0.6 is 0 Å². The van der Waals surface area contributed by atoms with Gasteiger partial charge in [0, 0.05) is 36.7 Å². The van der Waals surface area contributed by atoms with Crippen molar-refractivity contribution in [3.63, 3.8) is 0 Å².